The number of hydrogen-bond acceptors (Lipinski definition) is 3. The number of para-hydroxylation sites is 1. The van der Waals surface area contributed by atoms with Gasteiger partial charge in [0.1, 0.15) is 5.75 Å². The van der Waals surface area contributed by atoms with E-state index in [1.54, 1.807) is 13.3 Å². The number of hydrogen-bond donors (Lipinski definition) is 2. The fourth-order valence-electron chi connectivity index (χ4n) is 1.89. The Hall–Kier alpha value is -1.97. The van der Waals surface area contributed by atoms with Crippen molar-refractivity contribution in [1.82, 2.24) is 10.2 Å². The predicted octanol–water partition coefficient (Wildman–Crippen LogP) is 2.98. The lowest BCUT2D eigenvalue weighted by Crippen LogP contribution is -2.10. The number of aromatic amines is 1. The van der Waals surface area contributed by atoms with Gasteiger partial charge < -0.3 is 10.1 Å². The standard InChI is InChI=1S/C13H17N3O/c1-3-12(16-10-8-14-15-9-10)11-6-4-5-7-13(11)17-2/h4-9,12,16H,3H2,1-2H3,(H,14,15). The Labute approximate surface area is 101 Å². The average molecular weight is 231 g/mol. The van der Waals surface area contributed by atoms with E-state index in [9.17, 15) is 0 Å². The van der Waals surface area contributed by atoms with E-state index >= 15 is 0 Å². The van der Waals surface area contributed by atoms with Crippen molar-refractivity contribution < 1.29 is 4.74 Å². The van der Waals surface area contributed by atoms with E-state index in [0.29, 0.717) is 0 Å². The van der Waals surface area contributed by atoms with Crippen LogP contribution in [-0.4, -0.2) is 17.3 Å². The SMILES string of the molecule is CCC(Nc1cn[nH]c1)c1ccccc1OC. The van der Waals surface area contributed by atoms with Gasteiger partial charge in [0.25, 0.3) is 0 Å². The van der Waals surface area contributed by atoms with Crippen LogP contribution in [0.2, 0.25) is 0 Å². The molecule has 1 aromatic heterocycles. The quantitative estimate of drug-likeness (QED) is 0.831. The molecule has 1 unspecified atom stereocenters. The van der Waals surface area contributed by atoms with Crippen molar-refractivity contribution in [3.8, 4) is 5.75 Å². The largest absolute Gasteiger partial charge is 0.496 e. The molecular weight excluding hydrogens is 214 g/mol. The average Bonchev–Trinajstić information content (AvgIpc) is 2.89. The molecule has 0 bridgehead atoms. The monoisotopic (exact) mass is 231 g/mol. The highest BCUT2D eigenvalue weighted by atomic mass is 16.5. The third-order valence-electron chi connectivity index (χ3n) is 2.76. The van der Waals surface area contributed by atoms with Crippen LogP contribution in [0, 0.1) is 0 Å². The van der Waals surface area contributed by atoms with Crippen LogP contribution in [-0.2, 0) is 0 Å². The number of anilines is 1. The maximum atomic E-state index is 5.38. The molecule has 2 rings (SSSR count). The van der Waals surface area contributed by atoms with Crippen LogP contribution < -0.4 is 10.1 Å². The number of benzene rings is 1. The second-order valence-corrected chi connectivity index (χ2v) is 3.83. The van der Waals surface area contributed by atoms with E-state index in [-0.39, 0.29) is 6.04 Å². The number of rotatable bonds is 5. The van der Waals surface area contributed by atoms with E-state index in [2.05, 4.69) is 28.5 Å². The summed E-state index contributed by atoms with van der Waals surface area (Å²) in [5.41, 5.74) is 2.15. The number of H-pyrrole nitrogens is 1. The first-order chi connectivity index (χ1) is 8.35. The highest BCUT2D eigenvalue weighted by molar-refractivity contribution is 5.45. The Balaban J connectivity index is 2.22. The van der Waals surface area contributed by atoms with Gasteiger partial charge in [0.15, 0.2) is 0 Å². The third-order valence-corrected chi connectivity index (χ3v) is 2.76. The van der Waals surface area contributed by atoms with Crippen molar-refractivity contribution in [1.29, 1.82) is 0 Å². The summed E-state index contributed by atoms with van der Waals surface area (Å²) in [6.07, 6.45) is 4.60. The van der Waals surface area contributed by atoms with E-state index in [0.717, 1.165) is 17.9 Å². The molecule has 2 aromatic rings. The molecule has 4 heteroatoms. The van der Waals surface area contributed by atoms with Gasteiger partial charge in [-0.15, -0.1) is 0 Å². The number of ether oxygens (including phenoxy) is 1. The lowest BCUT2D eigenvalue weighted by molar-refractivity contribution is 0.406. The summed E-state index contributed by atoms with van der Waals surface area (Å²) in [7, 11) is 1.70. The molecule has 0 fully saturated rings. The van der Waals surface area contributed by atoms with E-state index in [1.807, 2.05) is 24.4 Å². The van der Waals surface area contributed by atoms with Gasteiger partial charge in [0, 0.05) is 11.8 Å². The molecule has 0 aliphatic rings. The van der Waals surface area contributed by atoms with Crippen LogP contribution in [0.25, 0.3) is 0 Å². The smallest absolute Gasteiger partial charge is 0.124 e. The Bertz CT molecular complexity index is 453. The van der Waals surface area contributed by atoms with E-state index < -0.39 is 0 Å². The predicted molar refractivity (Wildman–Crippen MR) is 68.2 cm³/mol. The van der Waals surface area contributed by atoms with Crippen LogP contribution in [0.1, 0.15) is 24.9 Å². The molecular formula is C13H17N3O. The first-order valence-corrected chi connectivity index (χ1v) is 5.73. The lowest BCUT2D eigenvalue weighted by atomic mass is 10.0. The van der Waals surface area contributed by atoms with Gasteiger partial charge >= 0.3 is 0 Å². The molecule has 1 atom stereocenters. The second kappa shape index (κ2) is 5.39. The first-order valence-electron chi connectivity index (χ1n) is 5.73. The summed E-state index contributed by atoms with van der Waals surface area (Å²) in [6, 6.07) is 8.29. The van der Waals surface area contributed by atoms with Crippen molar-refractivity contribution in [2.24, 2.45) is 0 Å². The fourth-order valence-corrected chi connectivity index (χ4v) is 1.89. The fraction of sp³-hybridized carbons (Fsp3) is 0.308. The number of methoxy groups -OCH3 is 1. The Kier molecular flexibility index (Phi) is 3.65. The van der Waals surface area contributed by atoms with Crippen molar-refractivity contribution in [3.05, 3.63) is 42.2 Å². The minimum Gasteiger partial charge on any atom is -0.496 e. The van der Waals surface area contributed by atoms with Crippen LogP contribution >= 0.6 is 0 Å². The summed E-state index contributed by atoms with van der Waals surface area (Å²) in [5, 5.41) is 10.1. The van der Waals surface area contributed by atoms with E-state index in [4.69, 9.17) is 4.74 Å². The number of nitrogens with one attached hydrogen (secondary N) is 2. The maximum absolute atomic E-state index is 5.38. The zero-order chi connectivity index (χ0) is 12.1. The molecule has 0 spiro atoms. The molecule has 0 radical (unpaired) electrons. The van der Waals surface area contributed by atoms with Crippen molar-refractivity contribution in [2.45, 2.75) is 19.4 Å². The van der Waals surface area contributed by atoms with Crippen LogP contribution in [0.15, 0.2) is 36.7 Å². The molecule has 2 N–H and O–H groups in total. The molecule has 17 heavy (non-hydrogen) atoms. The molecule has 0 aliphatic carbocycles. The lowest BCUT2D eigenvalue weighted by Gasteiger charge is -2.19. The molecule has 1 aromatic carbocycles. The van der Waals surface area contributed by atoms with Crippen molar-refractivity contribution >= 4 is 5.69 Å². The number of aromatic nitrogens is 2. The first kappa shape index (κ1) is 11.5. The summed E-state index contributed by atoms with van der Waals surface area (Å²) >= 11 is 0. The van der Waals surface area contributed by atoms with Gasteiger partial charge in [-0.2, -0.15) is 5.10 Å². The Morgan fingerprint density at radius 2 is 2.24 bits per heavy atom. The van der Waals surface area contributed by atoms with Crippen molar-refractivity contribution in [2.75, 3.05) is 12.4 Å². The summed E-state index contributed by atoms with van der Waals surface area (Å²) in [5.74, 6) is 0.912. The molecule has 0 aliphatic heterocycles. The summed E-state index contributed by atoms with van der Waals surface area (Å²) < 4.78 is 5.38. The second-order valence-electron chi connectivity index (χ2n) is 3.83. The van der Waals surface area contributed by atoms with E-state index in [1.165, 1.54) is 5.56 Å². The zero-order valence-corrected chi connectivity index (χ0v) is 10.1. The highest BCUT2D eigenvalue weighted by Crippen LogP contribution is 2.29. The molecule has 0 saturated carbocycles. The molecule has 4 nitrogen and oxygen atoms in total. The molecule has 90 valence electrons. The summed E-state index contributed by atoms with van der Waals surface area (Å²) in [6.45, 7) is 2.14. The zero-order valence-electron chi connectivity index (χ0n) is 10.1. The van der Waals surface area contributed by atoms with Gasteiger partial charge in [-0.3, -0.25) is 5.10 Å². The van der Waals surface area contributed by atoms with Gasteiger partial charge in [-0.05, 0) is 12.5 Å². The molecule has 0 saturated heterocycles. The number of nitrogens with zero attached hydrogens (tertiary/aromatic N) is 1. The topological polar surface area (TPSA) is 49.9 Å². The van der Waals surface area contributed by atoms with Crippen LogP contribution in [0.5, 0.6) is 5.75 Å². The Morgan fingerprint density at radius 1 is 1.41 bits per heavy atom. The third kappa shape index (κ3) is 2.58. The summed E-state index contributed by atoms with van der Waals surface area (Å²) in [4.78, 5) is 0. The van der Waals surface area contributed by atoms with Crippen LogP contribution in [0.4, 0.5) is 5.69 Å². The minimum absolute atomic E-state index is 0.226. The minimum atomic E-state index is 0.226. The van der Waals surface area contributed by atoms with Crippen molar-refractivity contribution in [3.63, 3.8) is 0 Å². The van der Waals surface area contributed by atoms with Gasteiger partial charge in [-0.25, -0.2) is 0 Å². The molecule has 0 amide bonds. The van der Waals surface area contributed by atoms with Gasteiger partial charge in [-0.1, -0.05) is 25.1 Å². The van der Waals surface area contributed by atoms with Crippen LogP contribution in [0.3, 0.4) is 0 Å². The highest BCUT2D eigenvalue weighted by Gasteiger charge is 2.13. The molecule has 1 heterocycles. The Morgan fingerprint density at radius 3 is 2.88 bits per heavy atom. The van der Waals surface area contributed by atoms with Gasteiger partial charge in [0.2, 0.25) is 0 Å². The maximum Gasteiger partial charge on any atom is 0.124 e. The normalized spacial score (nSPS) is 12.1. The van der Waals surface area contributed by atoms with Gasteiger partial charge in [0.05, 0.1) is 25.0 Å².